The number of benzene rings is 1. The van der Waals surface area contributed by atoms with Crippen LogP contribution in [0.1, 0.15) is 25.5 Å². The average molecular weight is 240 g/mol. The van der Waals surface area contributed by atoms with Crippen LogP contribution in [0.2, 0.25) is 0 Å². The first-order chi connectivity index (χ1) is 8.09. The van der Waals surface area contributed by atoms with Gasteiger partial charge in [-0.15, -0.1) is 0 Å². The van der Waals surface area contributed by atoms with E-state index in [2.05, 4.69) is 24.1 Å². The number of nitrogens with one attached hydrogen (secondary N) is 1. The largest absolute Gasteiger partial charge is 0.314 e. The van der Waals surface area contributed by atoms with E-state index < -0.39 is 0 Å². The molecular formula is C13H18F2N2. The zero-order chi connectivity index (χ0) is 12.4. The highest BCUT2D eigenvalue weighted by atomic mass is 19.1. The molecular weight excluding hydrogens is 222 g/mol. The molecule has 17 heavy (non-hydrogen) atoms. The molecule has 0 aromatic heterocycles. The van der Waals surface area contributed by atoms with Crippen LogP contribution in [0.25, 0.3) is 0 Å². The van der Waals surface area contributed by atoms with Crippen molar-refractivity contribution >= 4 is 0 Å². The van der Waals surface area contributed by atoms with Gasteiger partial charge in [-0.25, -0.2) is 8.78 Å². The lowest BCUT2D eigenvalue weighted by atomic mass is 10.0. The number of halogens is 2. The van der Waals surface area contributed by atoms with Crippen molar-refractivity contribution in [2.45, 2.75) is 25.9 Å². The van der Waals surface area contributed by atoms with E-state index in [4.69, 9.17) is 0 Å². The third kappa shape index (κ3) is 2.64. The molecule has 1 heterocycles. The standard InChI is InChI=1S/C13H18F2N2/c1-9(2)17-6-5-16-8-13(17)11-7-10(14)3-4-12(11)15/h3-4,7,9,13,16H,5-6,8H2,1-2H3/t13-/m0/s1. The van der Waals surface area contributed by atoms with Gasteiger partial charge in [0.15, 0.2) is 0 Å². The second-order valence-electron chi connectivity index (χ2n) is 4.72. The molecule has 1 aliphatic heterocycles. The molecule has 94 valence electrons. The van der Waals surface area contributed by atoms with Gasteiger partial charge in [-0.3, -0.25) is 4.90 Å². The highest BCUT2D eigenvalue weighted by Gasteiger charge is 2.27. The third-order valence-corrected chi connectivity index (χ3v) is 3.27. The lowest BCUT2D eigenvalue weighted by Crippen LogP contribution is -2.49. The van der Waals surface area contributed by atoms with Crippen molar-refractivity contribution in [1.29, 1.82) is 0 Å². The Bertz CT molecular complexity index is 393. The fourth-order valence-electron chi connectivity index (χ4n) is 2.40. The van der Waals surface area contributed by atoms with Crippen molar-refractivity contribution in [1.82, 2.24) is 10.2 Å². The molecule has 0 aliphatic carbocycles. The summed E-state index contributed by atoms with van der Waals surface area (Å²) in [7, 11) is 0. The van der Waals surface area contributed by atoms with Crippen LogP contribution >= 0.6 is 0 Å². The molecule has 0 radical (unpaired) electrons. The molecule has 1 aromatic rings. The van der Waals surface area contributed by atoms with E-state index in [-0.39, 0.29) is 17.7 Å². The monoisotopic (exact) mass is 240 g/mol. The maximum absolute atomic E-state index is 13.8. The highest BCUT2D eigenvalue weighted by molar-refractivity contribution is 5.23. The summed E-state index contributed by atoms with van der Waals surface area (Å²) < 4.78 is 27.0. The number of hydrogen-bond donors (Lipinski definition) is 1. The minimum Gasteiger partial charge on any atom is -0.314 e. The maximum Gasteiger partial charge on any atom is 0.128 e. The fraction of sp³-hybridized carbons (Fsp3) is 0.538. The molecule has 4 heteroatoms. The van der Waals surface area contributed by atoms with Gasteiger partial charge >= 0.3 is 0 Å². The van der Waals surface area contributed by atoms with Crippen LogP contribution in [0.15, 0.2) is 18.2 Å². The van der Waals surface area contributed by atoms with Crippen LogP contribution in [0.5, 0.6) is 0 Å². The molecule has 1 N–H and O–H groups in total. The summed E-state index contributed by atoms with van der Waals surface area (Å²) in [6.07, 6.45) is 0. The first-order valence-corrected chi connectivity index (χ1v) is 6.01. The third-order valence-electron chi connectivity index (χ3n) is 3.27. The van der Waals surface area contributed by atoms with E-state index in [1.807, 2.05) is 0 Å². The predicted octanol–water partition coefficient (Wildman–Crippen LogP) is 2.32. The number of hydrogen-bond acceptors (Lipinski definition) is 2. The number of rotatable bonds is 2. The SMILES string of the molecule is CC(C)N1CCNC[C@H]1c1cc(F)ccc1F. The van der Waals surface area contributed by atoms with Crippen LogP contribution < -0.4 is 5.32 Å². The van der Waals surface area contributed by atoms with E-state index in [0.717, 1.165) is 19.2 Å². The van der Waals surface area contributed by atoms with Gasteiger partial charge in [0, 0.05) is 31.2 Å². The quantitative estimate of drug-likeness (QED) is 0.853. The summed E-state index contributed by atoms with van der Waals surface area (Å²) in [5.74, 6) is -0.707. The minimum atomic E-state index is -0.379. The Balaban J connectivity index is 2.32. The van der Waals surface area contributed by atoms with Gasteiger partial charge in [0.05, 0.1) is 6.04 Å². The molecule has 0 saturated carbocycles. The second kappa shape index (κ2) is 5.10. The zero-order valence-corrected chi connectivity index (χ0v) is 10.2. The summed E-state index contributed by atoms with van der Waals surface area (Å²) in [5, 5.41) is 3.23. The Hall–Kier alpha value is -1.00. The molecule has 0 bridgehead atoms. The summed E-state index contributed by atoms with van der Waals surface area (Å²) >= 11 is 0. The van der Waals surface area contributed by atoms with Gasteiger partial charge < -0.3 is 5.32 Å². The van der Waals surface area contributed by atoms with Crippen molar-refractivity contribution in [3.05, 3.63) is 35.4 Å². The van der Waals surface area contributed by atoms with Gasteiger partial charge in [-0.2, -0.15) is 0 Å². The van der Waals surface area contributed by atoms with Gasteiger partial charge in [-0.05, 0) is 32.0 Å². The molecule has 1 atom stereocenters. The lowest BCUT2D eigenvalue weighted by molar-refractivity contribution is 0.121. The molecule has 2 rings (SSSR count). The van der Waals surface area contributed by atoms with Crippen LogP contribution in [-0.4, -0.2) is 30.6 Å². The number of nitrogens with zero attached hydrogens (tertiary/aromatic N) is 1. The molecule has 2 nitrogen and oxygen atoms in total. The highest BCUT2D eigenvalue weighted by Crippen LogP contribution is 2.26. The maximum atomic E-state index is 13.8. The lowest BCUT2D eigenvalue weighted by Gasteiger charge is -2.39. The smallest absolute Gasteiger partial charge is 0.128 e. The van der Waals surface area contributed by atoms with E-state index in [0.29, 0.717) is 18.2 Å². The molecule has 1 fully saturated rings. The summed E-state index contributed by atoms with van der Waals surface area (Å²) in [4.78, 5) is 2.20. The fourth-order valence-corrected chi connectivity index (χ4v) is 2.40. The molecule has 1 saturated heterocycles. The van der Waals surface area contributed by atoms with Crippen LogP contribution in [0.3, 0.4) is 0 Å². The van der Waals surface area contributed by atoms with Crippen LogP contribution in [0.4, 0.5) is 8.78 Å². The topological polar surface area (TPSA) is 15.3 Å². The average Bonchev–Trinajstić information content (AvgIpc) is 2.32. The Labute approximate surface area is 101 Å². The normalized spacial score (nSPS) is 22.1. The van der Waals surface area contributed by atoms with Gasteiger partial charge in [0.25, 0.3) is 0 Å². The predicted molar refractivity (Wildman–Crippen MR) is 63.8 cm³/mol. The van der Waals surface area contributed by atoms with Crippen molar-refractivity contribution in [3.8, 4) is 0 Å². The Kier molecular flexibility index (Phi) is 3.74. The first-order valence-electron chi connectivity index (χ1n) is 6.01. The molecule has 0 unspecified atom stereocenters. The zero-order valence-electron chi connectivity index (χ0n) is 10.2. The van der Waals surface area contributed by atoms with Crippen LogP contribution in [0, 0.1) is 11.6 Å². The summed E-state index contributed by atoms with van der Waals surface area (Å²) in [6.45, 7) is 6.58. The van der Waals surface area contributed by atoms with Crippen molar-refractivity contribution in [2.24, 2.45) is 0 Å². The molecule has 1 aliphatic rings. The van der Waals surface area contributed by atoms with Gasteiger partial charge in [0.1, 0.15) is 11.6 Å². The van der Waals surface area contributed by atoms with E-state index in [9.17, 15) is 8.78 Å². The van der Waals surface area contributed by atoms with Crippen molar-refractivity contribution < 1.29 is 8.78 Å². The van der Waals surface area contributed by atoms with E-state index >= 15 is 0 Å². The Morgan fingerprint density at radius 2 is 2.12 bits per heavy atom. The minimum absolute atomic E-state index is 0.0838. The number of piperazine rings is 1. The first kappa shape index (κ1) is 12.5. The molecule has 0 spiro atoms. The molecule has 0 amide bonds. The van der Waals surface area contributed by atoms with Gasteiger partial charge in [0.2, 0.25) is 0 Å². The van der Waals surface area contributed by atoms with Crippen LogP contribution in [-0.2, 0) is 0 Å². The Morgan fingerprint density at radius 3 is 2.82 bits per heavy atom. The summed E-state index contributed by atoms with van der Waals surface area (Å²) in [5.41, 5.74) is 0.450. The summed E-state index contributed by atoms with van der Waals surface area (Å²) in [6, 6.07) is 3.92. The van der Waals surface area contributed by atoms with Crippen molar-refractivity contribution in [2.75, 3.05) is 19.6 Å². The molecule has 1 aromatic carbocycles. The van der Waals surface area contributed by atoms with Gasteiger partial charge in [-0.1, -0.05) is 0 Å². The van der Waals surface area contributed by atoms with E-state index in [1.165, 1.54) is 12.1 Å². The second-order valence-corrected chi connectivity index (χ2v) is 4.72. The Morgan fingerprint density at radius 1 is 1.35 bits per heavy atom. The van der Waals surface area contributed by atoms with E-state index in [1.54, 1.807) is 0 Å². The van der Waals surface area contributed by atoms with Crippen molar-refractivity contribution in [3.63, 3.8) is 0 Å².